The number of allylic oxidation sites excluding steroid dienone is 1. The minimum absolute atomic E-state index is 0.418. The molecule has 0 radical (unpaired) electrons. The van der Waals surface area contributed by atoms with Crippen LogP contribution in [0, 0.1) is 0 Å². The van der Waals surface area contributed by atoms with Gasteiger partial charge in [-0.25, -0.2) is 4.39 Å². The molecule has 28 heavy (non-hydrogen) atoms. The third-order valence-corrected chi connectivity index (χ3v) is 5.54. The molecule has 0 spiro atoms. The molecule has 1 aliphatic heterocycles. The third kappa shape index (κ3) is 4.56. The molecular weight excluding hydrogens is 351 g/mol. The van der Waals surface area contributed by atoms with Gasteiger partial charge in [-0.05, 0) is 37.1 Å². The highest BCUT2D eigenvalue weighted by Gasteiger charge is 2.23. The third-order valence-electron chi connectivity index (χ3n) is 5.54. The van der Waals surface area contributed by atoms with Crippen LogP contribution in [-0.2, 0) is 0 Å². The molecule has 1 unspecified atom stereocenters. The molecule has 1 saturated heterocycles. The second-order valence-electron chi connectivity index (χ2n) is 7.24. The van der Waals surface area contributed by atoms with Crippen molar-refractivity contribution in [3.63, 3.8) is 0 Å². The van der Waals surface area contributed by atoms with Crippen molar-refractivity contribution in [3.8, 4) is 16.9 Å². The summed E-state index contributed by atoms with van der Waals surface area (Å²) in [7, 11) is 1.63. The molecule has 0 aliphatic carbocycles. The van der Waals surface area contributed by atoms with Crippen molar-refractivity contribution in [1.29, 1.82) is 0 Å². The second-order valence-corrected chi connectivity index (χ2v) is 7.24. The number of alkyl halides is 1. The Morgan fingerprint density at radius 2 is 1.86 bits per heavy atom. The van der Waals surface area contributed by atoms with Gasteiger partial charge in [0.15, 0.2) is 0 Å². The first-order valence-corrected chi connectivity index (χ1v) is 10.2. The number of hydrogen-bond acceptors (Lipinski definition) is 3. The Morgan fingerprint density at radius 3 is 2.46 bits per heavy atom. The summed E-state index contributed by atoms with van der Waals surface area (Å²) in [6.07, 6.45) is 1.75. The van der Waals surface area contributed by atoms with Gasteiger partial charge in [-0.1, -0.05) is 43.3 Å². The Kier molecular flexibility index (Phi) is 7.10. The molecule has 4 heteroatoms. The summed E-state index contributed by atoms with van der Waals surface area (Å²) in [5.41, 5.74) is 3.71. The van der Waals surface area contributed by atoms with E-state index in [1.54, 1.807) is 13.2 Å². The molecule has 1 aliphatic rings. The molecule has 0 saturated carbocycles. The number of methoxy groups -OCH3 is 1. The van der Waals surface area contributed by atoms with Gasteiger partial charge in [0.2, 0.25) is 0 Å². The van der Waals surface area contributed by atoms with E-state index in [2.05, 4.69) is 41.5 Å². The van der Waals surface area contributed by atoms with E-state index in [1.807, 2.05) is 24.3 Å². The maximum atomic E-state index is 15.2. The summed E-state index contributed by atoms with van der Waals surface area (Å²) in [4.78, 5) is 4.81. The van der Waals surface area contributed by atoms with Crippen molar-refractivity contribution in [3.05, 3.63) is 60.7 Å². The summed E-state index contributed by atoms with van der Waals surface area (Å²) in [5, 5.41) is 0. The normalized spacial score (nSPS) is 16.0. The van der Waals surface area contributed by atoms with Crippen LogP contribution in [0.4, 0.5) is 10.1 Å². The van der Waals surface area contributed by atoms with Gasteiger partial charge in [-0.15, -0.1) is 6.58 Å². The van der Waals surface area contributed by atoms with Crippen molar-refractivity contribution < 1.29 is 9.13 Å². The van der Waals surface area contributed by atoms with Gasteiger partial charge in [0.1, 0.15) is 11.9 Å². The van der Waals surface area contributed by atoms with Crippen molar-refractivity contribution >= 4 is 5.69 Å². The lowest BCUT2D eigenvalue weighted by Gasteiger charge is -2.36. The van der Waals surface area contributed by atoms with E-state index in [0.717, 1.165) is 49.5 Å². The molecule has 3 nitrogen and oxygen atoms in total. The molecule has 0 bridgehead atoms. The quantitative estimate of drug-likeness (QED) is 0.562. The number of nitrogens with zero attached hydrogens (tertiary/aromatic N) is 2. The monoisotopic (exact) mass is 382 g/mol. The maximum Gasteiger partial charge on any atom is 0.132 e. The predicted molar refractivity (Wildman–Crippen MR) is 116 cm³/mol. The number of rotatable bonds is 8. The van der Waals surface area contributed by atoms with Crippen molar-refractivity contribution in [2.24, 2.45) is 0 Å². The second kappa shape index (κ2) is 9.74. The van der Waals surface area contributed by atoms with Crippen molar-refractivity contribution in [1.82, 2.24) is 4.90 Å². The summed E-state index contributed by atoms with van der Waals surface area (Å²) in [5.74, 6) is 0.638. The molecule has 2 aromatic rings. The zero-order valence-electron chi connectivity index (χ0n) is 17.0. The van der Waals surface area contributed by atoms with Crippen LogP contribution in [0.25, 0.3) is 11.1 Å². The zero-order chi connectivity index (χ0) is 19.9. The average Bonchev–Trinajstić information content (AvgIpc) is 2.77. The van der Waals surface area contributed by atoms with Crippen LogP contribution in [0.5, 0.6) is 5.75 Å². The summed E-state index contributed by atoms with van der Waals surface area (Å²) < 4.78 is 20.9. The van der Waals surface area contributed by atoms with Crippen LogP contribution in [0.2, 0.25) is 0 Å². The number of piperazine rings is 1. The first kappa shape index (κ1) is 20.4. The average molecular weight is 383 g/mol. The van der Waals surface area contributed by atoms with Gasteiger partial charge >= 0.3 is 0 Å². The fraction of sp³-hybridized carbons (Fsp3) is 0.417. The van der Waals surface area contributed by atoms with Gasteiger partial charge in [-0.2, -0.15) is 0 Å². The molecule has 3 rings (SSSR count). The fourth-order valence-corrected chi connectivity index (χ4v) is 3.85. The Morgan fingerprint density at radius 1 is 1.14 bits per heavy atom. The van der Waals surface area contributed by atoms with E-state index in [0.29, 0.717) is 24.2 Å². The number of halogens is 1. The minimum Gasteiger partial charge on any atom is -0.496 e. The van der Waals surface area contributed by atoms with E-state index in [-0.39, 0.29) is 0 Å². The van der Waals surface area contributed by atoms with Crippen molar-refractivity contribution in [2.45, 2.75) is 25.9 Å². The van der Waals surface area contributed by atoms with E-state index in [1.165, 1.54) is 0 Å². The lowest BCUT2D eigenvalue weighted by atomic mass is 9.96. The first-order chi connectivity index (χ1) is 13.7. The number of benzene rings is 2. The Hall–Kier alpha value is -2.33. The van der Waals surface area contributed by atoms with E-state index in [4.69, 9.17) is 4.74 Å². The largest absolute Gasteiger partial charge is 0.496 e. The Bertz CT molecular complexity index is 770. The first-order valence-electron chi connectivity index (χ1n) is 10.2. The van der Waals surface area contributed by atoms with E-state index < -0.39 is 6.17 Å². The van der Waals surface area contributed by atoms with Crippen LogP contribution in [-0.4, -0.2) is 44.7 Å². The van der Waals surface area contributed by atoms with Gasteiger partial charge in [0.25, 0.3) is 0 Å². The van der Waals surface area contributed by atoms with Crippen LogP contribution in [0.3, 0.4) is 0 Å². The SMILES string of the molecule is C=CCCC(F)c1cc(N2CCN(CC)CC2)cc(-c2ccccc2)c1OC. The number of hydrogen-bond donors (Lipinski definition) is 0. The number of ether oxygens (including phenoxy) is 1. The molecule has 1 fully saturated rings. The molecule has 0 N–H and O–H groups in total. The summed E-state index contributed by atoms with van der Waals surface area (Å²) in [6.45, 7) is 11.0. The number of likely N-dealkylation sites (N-methyl/N-ethyl adjacent to an activating group) is 1. The van der Waals surface area contributed by atoms with Crippen LogP contribution in [0.1, 0.15) is 31.5 Å². The number of anilines is 1. The van der Waals surface area contributed by atoms with Crippen molar-refractivity contribution in [2.75, 3.05) is 44.7 Å². The topological polar surface area (TPSA) is 15.7 Å². The smallest absolute Gasteiger partial charge is 0.132 e. The Balaban J connectivity index is 2.03. The van der Waals surface area contributed by atoms with Crippen LogP contribution >= 0.6 is 0 Å². The summed E-state index contributed by atoms with van der Waals surface area (Å²) >= 11 is 0. The lowest BCUT2D eigenvalue weighted by Crippen LogP contribution is -2.46. The molecule has 0 amide bonds. The molecule has 1 heterocycles. The van der Waals surface area contributed by atoms with Gasteiger partial charge in [0.05, 0.1) is 7.11 Å². The molecule has 2 aromatic carbocycles. The molecule has 0 aromatic heterocycles. The van der Waals surface area contributed by atoms with E-state index >= 15 is 4.39 Å². The van der Waals surface area contributed by atoms with Crippen LogP contribution < -0.4 is 9.64 Å². The minimum atomic E-state index is -1.08. The molecule has 1 atom stereocenters. The summed E-state index contributed by atoms with van der Waals surface area (Å²) in [6, 6.07) is 14.2. The highest BCUT2D eigenvalue weighted by molar-refractivity contribution is 5.77. The van der Waals surface area contributed by atoms with Crippen LogP contribution in [0.15, 0.2) is 55.1 Å². The standard InChI is InChI=1S/C24H31FN2O/c1-4-6-12-23(25)22-18-20(27-15-13-26(5-2)14-16-27)17-21(24(22)28-3)19-10-8-7-9-11-19/h4,7-11,17-18,23H,1,5-6,12-16H2,2-3H3. The lowest BCUT2D eigenvalue weighted by molar-refractivity contribution is 0.271. The highest BCUT2D eigenvalue weighted by Crippen LogP contribution is 2.42. The highest BCUT2D eigenvalue weighted by atomic mass is 19.1. The molecule has 150 valence electrons. The fourth-order valence-electron chi connectivity index (χ4n) is 3.85. The van der Waals surface area contributed by atoms with E-state index in [9.17, 15) is 0 Å². The Labute approximate surface area is 168 Å². The van der Waals surface area contributed by atoms with Gasteiger partial charge in [0, 0.05) is 43.0 Å². The van der Waals surface area contributed by atoms with Gasteiger partial charge < -0.3 is 14.5 Å². The zero-order valence-corrected chi connectivity index (χ0v) is 17.0. The molecular formula is C24H31FN2O. The predicted octanol–water partition coefficient (Wildman–Crippen LogP) is 5.48. The maximum absolute atomic E-state index is 15.2. The van der Waals surface area contributed by atoms with Gasteiger partial charge in [-0.3, -0.25) is 0 Å².